The Morgan fingerprint density at radius 2 is 1.86 bits per heavy atom. The molecule has 0 radical (unpaired) electrons. The number of nitro benzene ring substituents is 1. The number of piperazine rings is 1. The van der Waals surface area contributed by atoms with E-state index in [4.69, 9.17) is 0 Å². The van der Waals surface area contributed by atoms with Crippen molar-refractivity contribution in [1.82, 2.24) is 4.90 Å². The number of nitro groups is 1. The van der Waals surface area contributed by atoms with Crippen LogP contribution in [-0.2, 0) is 4.79 Å². The van der Waals surface area contributed by atoms with Crippen LogP contribution in [0.4, 0.5) is 21.5 Å². The lowest BCUT2D eigenvalue weighted by molar-refractivity contribution is -0.384. The summed E-state index contributed by atoms with van der Waals surface area (Å²) in [5.74, 6) is -0.900. The second kappa shape index (κ2) is 8.78. The van der Waals surface area contributed by atoms with Crippen molar-refractivity contribution in [3.05, 3.63) is 64.0 Å². The maximum Gasteiger partial charge on any atom is 0.293 e. The van der Waals surface area contributed by atoms with E-state index in [0.717, 1.165) is 0 Å². The van der Waals surface area contributed by atoms with Gasteiger partial charge in [-0.05, 0) is 37.3 Å². The van der Waals surface area contributed by atoms with Crippen LogP contribution in [0.2, 0.25) is 0 Å². The average molecular weight is 400 g/mol. The van der Waals surface area contributed by atoms with Gasteiger partial charge in [0.1, 0.15) is 11.5 Å². The second-order valence-corrected chi connectivity index (χ2v) is 6.84. The van der Waals surface area contributed by atoms with Crippen LogP contribution in [-0.4, -0.2) is 54.2 Å². The minimum atomic E-state index is -0.486. The van der Waals surface area contributed by atoms with Crippen LogP contribution in [0.25, 0.3) is 0 Å². The third-order valence-electron chi connectivity index (χ3n) is 4.77. The summed E-state index contributed by atoms with van der Waals surface area (Å²) < 4.78 is 13.2. The zero-order valence-corrected chi connectivity index (χ0v) is 15.9. The lowest BCUT2D eigenvalue weighted by Gasteiger charge is -2.35. The minimum absolute atomic E-state index is 0.102. The number of rotatable bonds is 6. The number of nitrogens with one attached hydrogen (secondary N) is 1. The Morgan fingerprint density at radius 3 is 2.48 bits per heavy atom. The minimum Gasteiger partial charge on any atom is -0.363 e. The van der Waals surface area contributed by atoms with E-state index in [0.29, 0.717) is 43.1 Å². The molecule has 29 heavy (non-hydrogen) atoms. The van der Waals surface area contributed by atoms with E-state index in [-0.39, 0.29) is 23.9 Å². The van der Waals surface area contributed by atoms with Crippen LogP contribution < -0.4 is 10.2 Å². The molecule has 0 spiro atoms. The Morgan fingerprint density at radius 1 is 1.14 bits per heavy atom. The van der Waals surface area contributed by atoms with Crippen LogP contribution in [0.1, 0.15) is 17.3 Å². The van der Waals surface area contributed by atoms with E-state index in [9.17, 15) is 24.1 Å². The first-order valence-electron chi connectivity index (χ1n) is 9.15. The van der Waals surface area contributed by atoms with Gasteiger partial charge >= 0.3 is 0 Å². The summed E-state index contributed by atoms with van der Waals surface area (Å²) in [5, 5.41) is 14.1. The van der Waals surface area contributed by atoms with Crippen LogP contribution in [0.15, 0.2) is 42.5 Å². The number of anilines is 2. The highest BCUT2D eigenvalue weighted by Crippen LogP contribution is 2.30. The molecule has 0 saturated carbocycles. The van der Waals surface area contributed by atoms with Crippen molar-refractivity contribution < 1.29 is 18.9 Å². The van der Waals surface area contributed by atoms with E-state index < -0.39 is 10.7 Å². The summed E-state index contributed by atoms with van der Waals surface area (Å²) in [6.07, 6.45) is 0. The number of nitrogens with zero attached hydrogens (tertiary/aromatic N) is 3. The molecule has 2 aromatic carbocycles. The molecule has 1 heterocycles. The summed E-state index contributed by atoms with van der Waals surface area (Å²) in [6.45, 7) is 3.62. The Kier molecular flexibility index (Phi) is 6.18. The Hall–Kier alpha value is -3.33. The lowest BCUT2D eigenvalue weighted by Crippen LogP contribution is -2.48. The monoisotopic (exact) mass is 400 g/mol. The number of Topliss-reactive ketones (excluding diaryl/α,β-unsaturated/α-hetero) is 1. The fourth-order valence-corrected chi connectivity index (χ4v) is 3.27. The standard InChI is InChI=1S/C20H21FN4O4/c1-14(26)15-5-6-18(19(11-15)25(28)29)24-9-7-23(8-10-24)13-20(27)22-17-4-2-3-16(21)12-17/h2-6,11-12H,7-10,13H2,1H3,(H,22,27). The van der Waals surface area contributed by atoms with Gasteiger partial charge in [-0.25, -0.2) is 4.39 Å². The largest absolute Gasteiger partial charge is 0.363 e. The number of carbonyl (C=O) groups excluding carboxylic acids is 2. The van der Waals surface area contributed by atoms with E-state index in [1.165, 1.54) is 31.2 Å². The van der Waals surface area contributed by atoms with Gasteiger partial charge in [0, 0.05) is 43.5 Å². The number of amides is 1. The Balaban J connectivity index is 1.60. The maximum atomic E-state index is 13.2. The highest BCUT2D eigenvalue weighted by molar-refractivity contribution is 5.95. The van der Waals surface area contributed by atoms with Gasteiger partial charge in [0.25, 0.3) is 5.69 Å². The topological polar surface area (TPSA) is 95.8 Å². The van der Waals surface area contributed by atoms with Gasteiger partial charge in [0.05, 0.1) is 11.5 Å². The van der Waals surface area contributed by atoms with Gasteiger partial charge in [0.15, 0.2) is 5.78 Å². The van der Waals surface area contributed by atoms with Gasteiger partial charge in [-0.2, -0.15) is 0 Å². The van der Waals surface area contributed by atoms with Crippen LogP contribution >= 0.6 is 0 Å². The highest BCUT2D eigenvalue weighted by Gasteiger charge is 2.25. The highest BCUT2D eigenvalue weighted by atomic mass is 19.1. The summed E-state index contributed by atoms with van der Waals surface area (Å²) in [7, 11) is 0. The van der Waals surface area contributed by atoms with Crippen LogP contribution in [0.5, 0.6) is 0 Å². The molecule has 0 unspecified atom stereocenters. The fraction of sp³-hybridized carbons (Fsp3) is 0.300. The second-order valence-electron chi connectivity index (χ2n) is 6.84. The lowest BCUT2D eigenvalue weighted by atomic mass is 10.1. The number of ketones is 1. The van der Waals surface area contributed by atoms with Gasteiger partial charge < -0.3 is 10.2 Å². The van der Waals surface area contributed by atoms with Crippen LogP contribution in [0.3, 0.4) is 0 Å². The van der Waals surface area contributed by atoms with Crippen molar-refractivity contribution in [3.63, 3.8) is 0 Å². The maximum absolute atomic E-state index is 13.2. The number of halogens is 1. The smallest absolute Gasteiger partial charge is 0.293 e. The van der Waals surface area contributed by atoms with E-state index in [2.05, 4.69) is 5.32 Å². The molecule has 0 aromatic heterocycles. The van der Waals surface area contributed by atoms with Crippen molar-refractivity contribution in [2.75, 3.05) is 42.9 Å². The fourth-order valence-electron chi connectivity index (χ4n) is 3.27. The molecule has 1 aliphatic rings. The summed E-state index contributed by atoms with van der Waals surface area (Å²) >= 11 is 0. The number of benzene rings is 2. The SMILES string of the molecule is CC(=O)c1ccc(N2CCN(CC(=O)Nc3cccc(F)c3)CC2)c([N+](=O)[O-])c1. The van der Waals surface area contributed by atoms with E-state index in [1.807, 2.05) is 9.80 Å². The van der Waals surface area contributed by atoms with Crippen molar-refractivity contribution in [2.24, 2.45) is 0 Å². The number of hydrogen-bond acceptors (Lipinski definition) is 6. The quantitative estimate of drug-likeness (QED) is 0.455. The van der Waals surface area contributed by atoms with E-state index in [1.54, 1.807) is 18.2 Å². The van der Waals surface area contributed by atoms with Gasteiger partial charge in [-0.1, -0.05) is 6.07 Å². The summed E-state index contributed by atoms with van der Waals surface area (Å²) in [5.41, 5.74) is 1.06. The molecule has 1 amide bonds. The normalized spacial score (nSPS) is 14.5. The molecule has 0 aliphatic carbocycles. The summed E-state index contributed by atoms with van der Waals surface area (Å²) in [6, 6.07) is 10.2. The molecule has 1 aliphatic heterocycles. The Labute approximate surface area is 167 Å². The molecule has 1 saturated heterocycles. The first-order chi connectivity index (χ1) is 13.8. The first-order valence-corrected chi connectivity index (χ1v) is 9.15. The molecular weight excluding hydrogens is 379 g/mol. The molecule has 0 atom stereocenters. The Bertz CT molecular complexity index is 942. The number of hydrogen-bond donors (Lipinski definition) is 1. The van der Waals surface area contributed by atoms with E-state index >= 15 is 0 Å². The number of carbonyl (C=O) groups is 2. The molecule has 152 valence electrons. The van der Waals surface area contributed by atoms with Crippen molar-refractivity contribution >= 4 is 28.8 Å². The molecule has 3 rings (SSSR count). The molecule has 1 fully saturated rings. The molecule has 2 aromatic rings. The molecule has 0 bridgehead atoms. The third kappa shape index (κ3) is 5.14. The molecule has 9 heteroatoms. The predicted molar refractivity (Wildman–Crippen MR) is 107 cm³/mol. The van der Waals surface area contributed by atoms with Crippen molar-refractivity contribution in [2.45, 2.75) is 6.92 Å². The van der Waals surface area contributed by atoms with Crippen molar-refractivity contribution in [1.29, 1.82) is 0 Å². The van der Waals surface area contributed by atoms with Gasteiger partial charge in [0.2, 0.25) is 5.91 Å². The molecule has 8 nitrogen and oxygen atoms in total. The average Bonchev–Trinajstić information content (AvgIpc) is 2.68. The zero-order chi connectivity index (χ0) is 21.0. The van der Waals surface area contributed by atoms with Crippen LogP contribution in [0, 0.1) is 15.9 Å². The predicted octanol–water partition coefficient (Wildman–Crippen LogP) is 2.70. The van der Waals surface area contributed by atoms with Crippen molar-refractivity contribution in [3.8, 4) is 0 Å². The molecular formula is C20H21FN4O4. The summed E-state index contributed by atoms with van der Waals surface area (Å²) in [4.78, 5) is 38.4. The first kappa shape index (κ1) is 20.4. The zero-order valence-electron chi connectivity index (χ0n) is 15.9. The third-order valence-corrected chi connectivity index (χ3v) is 4.77. The van der Waals surface area contributed by atoms with Gasteiger partial charge in [-0.15, -0.1) is 0 Å². The van der Waals surface area contributed by atoms with Gasteiger partial charge in [-0.3, -0.25) is 24.6 Å². The molecule has 1 N–H and O–H groups in total.